The Labute approximate surface area is 164 Å². The van der Waals surface area contributed by atoms with Crippen LogP contribution in [0.4, 0.5) is 26.3 Å². The van der Waals surface area contributed by atoms with E-state index in [0.717, 1.165) is 12.1 Å². The lowest BCUT2D eigenvalue weighted by Gasteiger charge is -2.13. The Morgan fingerprint density at radius 3 is 2.38 bits per heavy atom. The van der Waals surface area contributed by atoms with E-state index >= 15 is 0 Å². The van der Waals surface area contributed by atoms with Crippen molar-refractivity contribution in [2.24, 2.45) is 4.99 Å². The molecule has 0 fully saturated rings. The van der Waals surface area contributed by atoms with Crippen molar-refractivity contribution in [3.05, 3.63) is 29.8 Å². The van der Waals surface area contributed by atoms with Crippen molar-refractivity contribution in [2.45, 2.75) is 25.7 Å². The van der Waals surface area contributed by atoms with E-state index in [2.05, 4.69) is 15.6 Å². The second kappa shape index (κ2) is 11.3. The first kappa shape index (κ1) is 24.6. The summed E-state index contributed by atoms with van der Waals surface area (Å²) in [5, 5.41) is 5.51. The van der Waals surface area contributed by atoms with Crippen LogP contribution < -0.4 is 15.4 Å². The molecule has 1 aromatic carbocycles. The molecule has 0 aliphatic carbocycles. The number of halogens is 7. The minimum absolute atomic E-state index is 0. The van der Waals surface area contributed by atoms with Crippen molar-refractivity contribution in [1.29, 1.82) is 0 Å². The highest BCUT2D eigenvalue weighted by Gasteiger charge is 2.30. The molecule has 0 spiro atoms. The van der Waals surface area contributed by atoms with E-state index in [-0.39, 0.29) is 48.8 Å². The van der Waals surface area contributed by atoms with Crippen LogP contribution in [0.25, 0.3) is 0 Å². The van der Waals surface area contributed by atoms with E-state index in [4.69, 9.17) is 4.74 Å². The maximum atomic E-state index is 12.6. The Balaban J connectivity index is 0.00000625. The minimum atomic E-state index is -4.46. The number of alkyl halides is 6. The summed E-state index contributed by atoms with van der Waals surface area (Å²) in [6.07, 6.45) is -9.78. The number of nitrogens with one attached hydrogen (secondary N) is 2. The molecular formula is C15H20F6IN3O. The molecule has 0 radical (unpaired) electrons. The number of rotatable bonds is 7. The highest BCUT2D eigenvalue weighted by atomic mass is 127. The fraction of sp³-hybridized carbons (Fsp3) is 0.533. The number of benzene rings is 1. The standard InChI is InChI=1S/C15H19F6N3O.HI/c1-2-22-13(23-7-6-14(16,17)18)24-8-9-25-12-5-3-4-11(10-12)15(19,20)21;/h3-5,10H,2,6-9H2,1H3,(H2,22,23,24);1H. The molecule has 11 heteroatoms. The van der Waals surface area contributed by atoms with E-state index in [1.54, 1.807) is 6.92 Å². The van der Waals surface area contributed by atoms with Gasteiger partial charge in [0.05, 0.1) is 25.1 Å². The molecule has 26 heavy (non-hydrogen) atoms. The van der Waals surface area contributed by atoms with E-state index in [1.165, 1.54) is 12.1 Å². The largest absolute Gasteiger partial charge is 0.492 e. The zero-order valence-corrected chi connectivity index (χ0v) is 16.2. The SMILES string of the molecule is CCNC(=NCCC(F)(F)F)NCCOc1cccc(C(F)(F)F)c1.I. The van der Waals surface area contributed by atoms with Gasteiger partial charge in [-0.3, -0.25) is 4.99 Å². The van der Waals surface area contributed by atoms with E-state index in [1.807, 2.05) is 0 Å². The molecule has 0 bridgehead atoms. The van der Waals surface area contributed by atoms with Crippen molar-refractivity contribution in [1.82, 2.24) is 10.6 Å². The second-order valence-electron chi connectivity index (χ2n) is 4.93. The van der Waals surface area contributed by atoms with Crippen LogP contribution in [0.2, 0.25) is 0 Å². The molecule has 0 saturated heterocycles. The van der Waals surface area contributed by atoms with Gasteiger partial charge in [-0.2, -0.15) is 26.3 Å². The van der Waals surface area contributed by atoms with Crippen molar-refractivity contribution < 1.29 is 31.1 Å². The normalized spacial score (nSPS) is 12.3. The molecule has 0 aliphatic rings. The monoisotopic (exact) mass is 499 g/mol. The minimum Gasteiger partial charge on any atom is -0.492 e. The summed E-state index contributed by atoms with van der Waals surface area (Å²) in [5.74, 6) is 0.232. The molecule has 1 rings (SSSR count). The zero-order valence-electron chi connectivity index (χ0n) is 13.9. The Morgan fingerprint density at radius 2 is 1.81 bits per heavy atom. The molecule has 0 aliphatic heterocycles. The third-order valence-electron chi connectivity index (χ3n) is 2.83. The summed E-state index contributed by atoms with van der Waals surface area (Å²) in [5.41, 5.74) is -0.819. The van der Waals surface area contributed by atoms with Crippen LogP contribution in [0.15, 0.2) is 29.3 Å². The van der Waals surface area contributed by atoms with Gasteiger partial charge in [-0.05, 0) is 25.1 Å². The Kier molecular flexibility index (Phi) is 10.7. The fourth-order valence-corrected chi connectivity index (χ4v) is 1.74. The number of ether oxygens (including phenoxy) is 1. The number of aliphatic imine (C=N–C) groups is 1. The third-order valence-corrected chi connectivity index (χ3v) is 2.83. The molecule has 4 nitrogen and oxygen atoms in total. The van der Waals surface area contributed by atoms with Gasteiger partial charge in [0.15, 0.2) is 5.96 Å². The van der Waals surface area contributed by atoms with E-state index in [0.29, 0.717) is 6.54 Å². The number of hydrogen-bond acceptors (Lipinski definition) is 2. The van der Waals surface area contributed by atoms with Crippen LogP contribution in [0.3, 0.4) is 0 Å². The van der Waals surface area contributed by atoms with Gasteiger partial charge in [-0.25, -0.2) is 0 Å². The molecule has 0 heterocycles. The Morgan fingerprint density at radius 1 is 1.12 bits per heavy atom. The fourth-order valence-electron chi connectivity index (χ4n) is 1.74. The van der Waals surface area contributed by atoms with Crippen LogP contribution >= 0.6 is 24.0 Å². The van der Waals surface area contributed by atoms with Gasteiger partial charge in [0.1, 0.15) is 12.4 Å². The molecular weight excluding hydrogens is 479 g/mol. The van der Waals surface area contributed by atoms with Crippen LogP contribution in [0, 0.1) is 0 Å². The predicted octanol–water partition coefficient (Wildman–Crippen LogP) is 4.21. The van der Waals surface area contributed by atoms with Crippen molar-refractivity contribution in [3.63, 3.8) is 0 Å². The van der Waals surface area contributed by atoms with Gasteiger partial charge in [0.2, 0.25) is 0 Å². The van der Waals surface area contributed by atoms with Crippen LogP contribution in [0.5, 0.6) is 5.75 Å². The Bertz CT molecular complexity index is 563. The highest BCUT2D eigenvalue weighted by Crippen LogP contribution is 2.31. The van der Waals surface area contributed by atoms with Crippen LogP contribution in [-0.4, -0.2) is 38.4 Å². The highest BCUT2D eigenvalue weighted by molar-refractivity contribution is 14.0. The number of nitrogens with zero attached hydrogens (tertiary/aromatic N) is 1. The molecule has 1 aromatic rings. The topological polar surface area (TPSA) is 45.7 Å². The van der Waals surface area contributed by atoms with E-state index < -0.39 is 30.9 Å². The van der Waals surface area contributed by atoms with Crippen molar-refractivity contribution >= 4 is 29.9 Å². The van der Waals surface area contributed by atoms with Crippen LogP contribution in [-0.2, 0) is 6.18 Å². The van der Waals surface area contributed by atoms with Gasteiger partial charge in [-0.15, -0.1) is 24.0 Å². The van der Waals surface area contributed by atoms with Gasteiger partial charge in [0, 0.05) is 6.54 Å². The van der Waals surface area contributed by atoms with Gasteiger partial charge >= 0.3 is 12.4 Å². The molecule has 0 unspecified atom stereocenters. The summed E-state index contributed by atoms with van der Waals surface area (Å²) in [6, 6.07) is 4.43. The molecule has 150 valence electrons. The lowest BCUT2D eigenvalue weighted by atomic mass is 10.2. The molecule has 0 atom stereocenters. The summed E-state index contributed by atoms with van der Waals surface area (Å²) < 4.78 is 79.2. The first-order chi connectivity index (χ1) is 11.6. The number of hydrogen-bond donors (Lipinski definition) is 2. The lowest BCUT2D eigenvalue weighted by molar-refractivity contribution is -0.137. The summed E-state index contributed by atoms with van der Waals surface area (Å²) in [7, 11) is 0. The average molecular weight is 499 g/mol. The van der Waals surface area contributed by atoms with Gasteiger partial charge in [-0.1, -0.05) is 6.07 Å². The molecule has 0 aromatic heterocycles. The van der Waals surface area contributed by atoms with Crippen molar-refractivity contribution in [3.8, 4) is 5.75 Å². The summed E-state index contributed by atoms with van der Waals surface area (Å²) in [4.78, 5) is 3.76. The summed E-state index contributed by atoms with van der Waals surface area (Å²) >= 11 is 0. The van der Waals surface area contributed by atoms with Gasteiger partial charge < -0.3 is 15.4 Å². The maximum Gasteiger partial charge on any atom is 0.416 e. The predicted molar refractivity (Wildman–Crippen MR) is 97.0 cm³/mol. The van der Waals surface area contributed by atoms with Gasteiger partial charge in [0.25, 0.3) is 0 Å². The third kappa shape index (κ3) is 10.6. The van der Waals surface area contributed by atoms with Crippen LogP contribution in [0.1, 0.15) is 18.9 Å². The maximum absolute atomic E-state index is 12.6. The van der Waals surface area contributed by atoms with Crippen molar-refractivity contribution in [2.75, 3.05) is 26.2 Å². The molecule has 0 amide bonds. The Hall–Kier alpha value is -1.40. The van der Waals surface area contributed by atoms with E-state index in [9.17, 15) is 26.3 Å². The summed E-state index contributed by atoms with van der Waals surface area (Å²) in [6.45, 7) is 1.96. The first-order valence-corrected chi connectivity index (χ1v) is 7.51. The zero-order chi connectivity index (χ0) is 18.9. The number of guanidine groups is 1. The average Bonchev–Trinajstić information content (AvgIpc) is 2.49. The smallest absolute Gasteiger partial charge is 0.416 e. The molecule has 0 saturated carbocycles. The lowest BCUT2D eigenvalue weighted by Crippen LogP contribution is -2.39. The second-order valence-corrected chi connectivity index (χ2v) is 4.93. The quantitative estimate of drug-likeness (QED) is 0.194. The molecule has 2 N–H and O–H groups in total. The first-order valence-electron chi connectivity index (χ1n) is 7.51.